The molecule has 7 heteroatoms. The van der Waals surface area contributed by atoms with Crippen LogP contribution in [0.1, 0.15) is 53.4 Å². The Labute approximate surface area is 188 Å². The Morgan fingerprint density at radius 3 is 2.66 bits per heavy atom. The fourth-order valence-corrected chi connectivity index (χ4v) is 7.65. The Bertz CT molecular complexity index is 891. The molecule has 0 radical (unpaired) electrons. The van der Waals surface area contributed by atoms with Gasteiger partial charge in [-0.1, -0.05) is 32.4 Å². The Hall–Kier alpha value is -1.99. The number of aliphatic hydroxyl groups is 2. The highest BCUT2D eigenvalue weighted by Crippen LogP contribution is 2.68. The molecule has 8 atom stereocenters. The zero-order valence-corrected chi connectivity index (χ0v) is 19.3. The summed E-state index contributed by atoms with van der Waals surface area (Å²) in [5, 5.41) is 23.2. The number of Topliss-reactive ketones (excluding diaryl/α,β-unsaturated/α-hetero) is 1. The van der Waals surface area contributed by atoms with Gasteiger partial charge in [-0.05, 0) is 62.5 Å². The number of ketones is 2. The summed E-state index contributed by atoms with van der Waals surface area (Å²) in [5.41, 5.74) is -1.88. The van der Waals surface area contributed by atoms with Crippen LogP contribution in [0.25, 0.3) is 0 Å². The molecule has 0 aromatic carbocycles. The Balaban J connectivity index is 1.64. The average Bonchev–Trinajstić information content (AvgIpc) is 2.93. The van der Waals surface area contributed by atoms with Gasteiger partial charge in [-0.2, -0.15) is 0 Å². The summed E-state index contributed by atoms with van der Waals surface area (Å²) >= 11 is 0. The molecule has 32 heavy (non-hydrogen) atoms. The van der Waals surface area contributed by atoms with Gasteiger partial charge in [-0.15, -0.1) is 0 Å². The minimum absolute atomic E-state index is 0.0119. The van der Waals surface area contributed by atoms with Crippen LogP contribution in [-0.2, 0) is 19.1 Å². The quantitative estimate of drug-likeness (QED) is 0.639. The van der Waals surface area contributed by atoms with Crippen LogP contribution in [0, 0.1) is 34.5 Å². The van der Waals surface area contributed by atoms with Gasteiger partial charge in [0.1, 0.15) is 5.60 Å². The molecule has 0 heterocycles. The maximum atomic E-state index is 13.2. The van der Waals surface area contributed by atoms with Crippen molar-refractivity contribution in [3.63, 3.8) is 0 Å². The zero-order valence-electron chi connectivity index (χ0n) is 19.3. The summed E-state index contributed by atoms with van der Waals surface area (Å²) in [6.07, 6.45) is 6.08. The molecule has 0 spiro atoms. The first-order valence-electron chi connectivity index (χ1n) is 11.7. The van der Waals surface area contributed by atoms with E-state index in [1.165, 1.54) is 0 Å². The van der Waals surface area contributed by atoms with Crippen molar-refractivity contribution in [1.82, 2.24) is 0 Å². The van der Waals surface area contributed by atoms with Crippen molar-refractivity contribution in [2.24, 2.45) is 34.5 Å². The van der Waals surface area contributed by atoms with E-state index in [4.69, 9.17) is 9.47 Å². The van der Waals surface area contributed by atoms with Crippen LogP contribution in [0.3, 0.4) is 0 Å². The Morgan fingerprint density at radius 1 is 1.25 bits per heavy atom. The van der Waals surface area contributed by atoms with Crippen LogP contribution in [-0.4, -0.2) is 52.9 Å². The Kier molecular flexibility index (Phi) is 5.65. The first-order valence-corrected chi connectivity index (χ1v) is 11.7. The number of rotatable bonds is 4. The lowest BCUT2D eigenvalue weighted by Gasteiger charge is -2.59. The third-order valence-electron chi connectivity index (χ3n) is 9.09. The first kappa shape index (κ1) is 23.2. The molecule has 0 aliphatic heterocycles. The summed E-state index contributed by atoms with van der Waals surface area (Å²) < 4.78 is 9.68. The molecular weight excluding hydrogens is 412 g/mol. The lowest BCUT2D eigenvalue weighted by Crippen LogP contribution is -2.62. The SMILES string of the molecule is CCOC(=O)OCC(=O)[C@@]1(O)[C@@H](C)CC2C3CCC4=CC(=O)C=C[C@]4(C)C3[C@@H](O)C[C@@]21C. The fraction of sp³-hybridized carbons (Fsp3) is 0.720. The van der Waals surface area contributed by atoms with Crippen molar-refractivity contribution in [2.45, 2.75) is 65.1 Å². The maximum Gasteiger partial charge on any atom is 0.508 e. The van der Waals surface area contributed by atoms with E-state index in [0.29, 0.717) is 6.42 Å². The van der Waals surface area contributed by atoms with E-state index in [-0.39, 0.29) is 42.5 Å². The normalized spacial score (nSPS) is 44.8. The molecule has 0 aromatic rings. The molecule has 0 amide bonds. The van der Waals surface area contributed by atoms with E-state index in [1.807, 2.05) is 19.9 Å². The van der Waals surface area contributed by atoms with Crippen LogP contribution in [0.4, 0.5) is 4.79 Å². The van der Waals surface area contributed by atoms with Gasteiger partial charge in [0.05, 0.1) is 12.7 Å². The number of ether oxygens (including phenoxy) is 2. The van der Waals surface area contributed by atoms with Gasteiger partial charge in [0.2, 0.25) is 5.78 Å². The van der Waals surface area contributed by atoms with Crippen LogP contribution in [0.15, 0.2) is 23.8 Å². The predicted octanol–water partition coefficient (Wildman–Crippen LogP) is 2.98. The minimum atomic E-state index is -1.70. The van der Waals surface area contributed by atoms with Crippen LogP contribution >= 0.6 is 0 Å². The lowest BCUT2D eigenvalue weighted by molar-refractivity contribution is -0.184. The van der Waals surface area contributed by atoms with E-state index in [9.17, 15) is 24.6 Å². The molecule has 7 nitrogen and oxygen atoms in total. The highest BCUT2D eigenvalue weighted by atomic mass is 16.7. The van der Waals surface area contributed by atoms with E-state index >= 15 is 0 Å². The van der Waals surface area contributed by atoms with Gasteiger partial charge in [-0.25, -0.2) is 4.79 Å². The van der Waals surface area contributed by atoms with E-state index in [0.717, 1.165) is 18.4 Å². The smallest absolute Gasteiger partial charge is 0.435 e. The van der Waals surface area contributed by atoms with Gasteiger partial charge in [0, 0.05) is 16.7 Å². The maximum absolute atomic E-state index is 13.2. The van der Waals surface area contributed by atoms with Crippen molar-refractivity contribution in [1.29, 1.82) is 0 Å². The van der Waals surface area contributed by atoms with Crippen LogP contribution in [0.2, 0.25) is 0 Å². The van der Waals surface area contributed by atoms with Crippen molar-refractivity contribution in [3.8, 4) is 0 Å². The fourth-order valence-electron chi connectivity index (χ4n) is 7.65. The van der Waals surface area contributed by atoms with Gasteiger partial charge in [0.25, 0.3) is 0 Å². The van der Waals surface area contributed by atoms with Crippen molar-refractivity contribution in [3.05, 3.63) is 23.8 Å². The molecule has 0 saturated heterocycles. The second-order valence-corrected chi connectivity index (χ2v) is 10.5. The number of allylic oxidation sites excluding steroid dienone is 4. The number of hydrogen-bond acceptors (Lipinski definition) is 7. The molecule has 2 N–H and O–H groups in total. The molecule has 4 rings (SSSR count). The molecule has 0 bridgehead atoms. The molecular formula is C25H34O7. The van der Waals surface area contributed by atoms with Crippen LogP contribution < -0.4 is 0 Å². The average molecular weight is 447 g/mol. The van der Waals surface area contributed by atoms with Crippen molar-refractivity contribution in [2.75, 3.05) is 13.2 Å². The number of fused-ring (bicyclic) bond motifs is 5. The van der Waals surface area contributed by atoms with Gasteiger partial charge in [0.15, 0.2) is 12.4 Å². The first-order chi connectivity index (χ1) is 15.0. The molecule has 0 aromatic heterocycles. The summed E-state index contributed by atoms with van der Waals surface area (Å²) in [5.74, 6) is -0.826. The largest absolute Gasteiger partial charge is 0.508 e. The van der Waals surface area contributed by atoms with Crippen molar-refractivity contribution >= 4 is 17.7 Å². The molecule has 3 unspecified atom stereocenters. The lowest BCUT2D eigenvalue weighted by atomic mass is 9.46. The van der Waals surface area contributed by atoms with Crippen molar-refractivity contribution < 1.29 is 34.1 Å². The summed E-state index contributed by atoms with van der Waals surface area (Å²) in [4.78, 5) is 36.8. The summed E-state index contributed by atoms with van der Waals surface area (Å²) in [7, 11) is 0. The van der Waals surface area contributed by atoms with Gasteiger partial charge < -0.3 is 19.7 Å². The second-order valence-electron chi connectivity index (χ2n) is 10.5. The molecule has 4 aliphatic rings. The van der Waals surface area contributed by atoms with Gasteiger partial charge >= 0.3 is 6.16 Å². The number of aliphatic hydroxyl groups excluding tert-OH is 1. The number of carbonyl (C=O) groups is 3. The van der Waals surface area contributed by atoms with E-state index in [1.54, 1.807) is 19.1 Å². The predicted molar refractivity (Wildman–Crippen MR) is 115 cm³/mol. The second kappa shape index (κ2) is 7.80. The minimum Gasteiger partial charge on any atom is -0.435 e. The third kappa shape index (κ3) is 3.11. The number of hydrogen-bond donors (Lipinski definition) is 2. The topological polar surface area (TPSA) is 110 Å². The van der Waals surface area contributed by atoms with Gasteiger partial charge in [-0.3, -0.25) is 9.59 Å². The zero-order chi connectivity index (χ0) is 23.5. The standard InChI is InChI=1S/C25H34O7/c1-5-31-22(29)32-13-20(28)25(30)14(2)10-18-17-7-6-15-11-16(26)8-9-23(15,3)21(17)19(27)12-24(18,25)4/h8-9,11,14,17-19,21,27,30H,5-7,10,12-13H2,1-4H3/t14-,17?,18?,19-,21?,23-,24-,25-/m0/s1. The molecule has 3 saturated carbocycles. The number of carbonyl (C=O) groups excluding carboxylic acids is 3. The van der Waals surface area contributed by atoms with E-state index in [2.05, 4.69) is 6.92 Å². The summed E-state index contributed by atoms with van der Waals surface area (Å²) in [6.45, 7) is 7.08. The highest BCUT2D eigenvalue weighted by Gasteiger charge is 2.70. The summed E-state index contributed by atoms with van der Waals surface area (Å²) in [6, 6.07) is 0. The molecule has 4 aliphatic carbocycles. The molecule has 176 valence electrons. The van der Waals surface area contributed by atoms with Crippen LogP contribution in [0.5, 0.6) is 0 Å². The van der Waals surface area contributed by atoms with E-state index < -0.39 is 41.1 Å². The third-order valence-corrected chi connectivity index (χ3v) is 9.09. The highest BCUT2D eigenvalue weighted by molar-refractivity contribution is 6.01. The molecule has 3 fully saturated rings. The monoisotopic (exact) mass is 446 g/mol. The Morgan fingerprint density at radius 2 is 1.97 bits per heavy atom.